The molecule has 4 heterocycles. The van der Waals surface area contributed by atoms with Crippen LogP contribution in [0.15, 0.2) is 6.07 Å². The van der Waals surface area contributed by atoms with Crippen molar-refractivity contribution in [2.45, 2.75) is 125 Å². The highest BCUT2D eigenvalue weighted by Crippen LogP contribution is 2.49. The van der Waals surface area contributed by atoms with Gasteiger partial charge in [0.05, 0.1) is 51.3 Å². The van der Waals surface area contributed by atoms with Crippen molar-refractivity contribution in [2.75, 3.05) is 25.9 Å². The third-order valence-corrected chi connectivity index (χ3v) is 11.1. The summed E-state index contributed by atoms with van der Waals surface area (Å²) in [4.78, 5) is 15.1. The zero-order valence-electron chi connectivity index (χ0n) is 31.6. The standard InChI is InChI=1S/C21H21Cl2F3N4O2.C8H16.C7H12FN.C2H6/c1-6-9(3)32-19-12-10(4)28-20(31-5)30-17(12)16(23)18(29-19)13-14(21(24,25)26)8(2)7-11(27)15(13)22;1-4-8-5-6(2)7(8)3;8-6-4-7-2-1-3-9(7)5-6;1-2/h7,9H,6,27H2,1-5H3;6-8H,4-5H2,1-3H3;6-7H,1-5H2;1-2H3. The highest BCUT2D eigenvalue weighted by Gasteiger charge is 2.39. The Morgan fingerprint density at radius 2 is 1.73 bits per heavy atom. The molecule has 0 spiro atoms. The molecule has 6 atom stereocenters. The third-order valence-electron chi connectivity index (χ3n) is 10.3. The molecule has 2 saturated heterocycles. The first kappa shape index (κ1) is 42.8. The summed E-state index contributed by atoms with van der Waals surface area (Å²) in [5.74, 6) is 3.13. The number of halogens is 6. The maximum atomic E-state index is 14.1. The molecule has 0 radical (unpaired) electrons. The Bertz CT molecular complexity index is 1610. The largest absolute Gasteiger partial charge is 0.474 e. The summed E-state index contributed by atoms with van der Waals surface area (Å²) in [5.41, 5.74) is 4.64. The van der Waals surface area contributed by atoms with Gasteiger partial charge in [-0.1, -0.05) is 71.2 Å². The second kappa shape index (κ2) is 18.4. The smallest absolute Gasteiger partial charge is 0.417 e. The molecule has 6 unspecified atom stereocenters. The van der Waals surface area contributed by atoms with Crippen LogP contribution in [0.2, 0.25) is 10.0 Å². The van der Waals surface area contributed by atoms with Gasteiger partial charge in [0.15, 0.2) is 0 Å². The predicted molar refractivity (Wildman–Crippen MR) is 201 cm³/mol. The molecule has 3 aliphatic rings. The molecule has 1 saturated carbocycles. The van der Waals surface area contributed by atoms with E-state index in [9.17, 15) is 17.6 Å². The van der Waals surface area contributed by atoms with Gasteiger partial charge >= 0.3 is 12.2 Å². The lowest BCUT2D eigenvalue weighted by atomic mass is 9.66. The van der Waals surface area contributed by atoms with E-state index in [0.29, 0.717) is 30.1 Å². The summed E-state index contributed by atoms with van der Waals surface area (Å²) >= 11 is 12.9. The number of hydrogen-bond acceptors (Lipinski definition) is 7. The fourth-order valence-electron chi connectivity index (χ4n) is 7.05. The van der Waals surface area contributed by atoms with Crippen molar-refractivity contribution in [2.24, 2.45) is 17.8 Å². The first-order chi connectivity index (χ1) is 24.0. The number of methoxy groups -OCH3 is 1. The maximum Gasteiger partial charge on any atom is 0.417 e. The van der Waals surface area contributed by atoms with Crippen LogP contribution in [-0.2, 0) is 6.18 Å². The summed E-state index contributed by atoms with van der Waals surface area (Å²) in [6.45, 7) is 19.6. The highest BCUT2D eigenvalue weighted by atomic mass is 35.5. The Morgan fingerprint density at radius 3 is 2.24 bits per heavy atom. The summed E-state index contributed by atoms with van der Waals surface area (Å²) in [7, 11) is 1.37. The molecule has 13 heteroatoms. The number of pyridine rings is 1. The van der Waals surface area contributed by atoms with Crippen molar-refractivity contribution in [3.05, 3.63) is 32.9 Å². The van der Waals surface area contributed by atoms with E-state index in [-0.39, 0.29) is 50.5 Å². The van der Waals surface area contributed by atoms with Crippen LogP contribution in [-0.4, -0.2) is 58.4 Å². The van der Waals surface area contributed by atoms with Gasteiger partial charge in [-0.25, -0.2) is 9.37 Å². The van der Waals surface area contributed by atoms with Gasteiger partial charge in [-0.15, -0.1) is 0 Å². The van der Waals surface area contributed by atoms with Crippen molar-refractivity contribution in [1.29, 1.82) is 0 Å². The number of aryl methyl sites for hydroxylation is 2. The number of ether oxygens (including phenoxy) is 2. The van der Waals surface area contributed by atoms with Crippen LogP contribution in [0, 0.1) is 31.6 Å². The molecule has 2 aromatic heterocycles. The van der Waals surface area contributed by atoms with Crippen molar-refractivity contribution < 1.29 is 27.0 Å². The van der Waals surface area contributed by atoms with Gasteiger partial charge in [-0.3, -0.25) is 4.90 Å². The Labute approximate surface area is 311 Å². The van der Waals surface area contributed by atoms with Crippen molar-refractivity contribution >= 4 is 39.8 Å². The molecular formula is C38H55Cl2F4N5O2. The quantitative estimate of drug-likeness (QED) is 0.198. The van der Waals surface area contributed by atoms with Gasteiger partial charge in [0.2, 0.25) is 5.88 Å². The molecule has 6 rings (SSSR count). The lowest BCUT2D eigenvalue weighted by molar-refractivity contribution is -0.137. The number of nitrogen functional groups attached to an aromatic ring is 1. The molecule has 7 nitrogen and oxygen atoms in total. The Kier molecular flexibility index (Phi) is 15.4. The van der Waals surface area contributed by atoms with E-state index >= 15 is 0 Å². The number of nitrogens with zero attached hydrogens (tertiary/aromatic N) is 4. The summed E-state index contributed by atoms with van der Waals surface area (Å²) < 4.78 is 65.8. The Hall–Kier alpha value is -2.63. The fraction of sp³-hybridized carbons (Fsp3) is 0.658. The van der Waals surface area contributed by atoms with Crippen LogP contribution in [0.3, 0.4) is 0 Å². The van der Waals surface area contributed by atoms with Gasteiger partial charge in [0.25, 0.3) is 0 Å². The van der Waals surface area contributed by atoms with E-state index in [1.165, 1.54) is 39.7 Å². The molecule has 3 aromatic rings. The number of hydrogen-bond donors (Lipinski definition) is 1. The van der Waals surface area contributed by atoms with Gasteiger partial charge in [-0.2, -0.15) is 23.1 Å². The number of aromatic nitrogens is 3. The first-order valence-electron chi connectivity index (χ1n) is 18.1. The third kappa shape index (κ3) is 9.87. The molecule has 1 aromatic carbocycles. The first-order valence-corrected chi connectivity index (χ1v) is 18.9. The van der Waals surface area contributed by atoms with Gasteiger partial charge in [0.1, 0.15) is 11.7 Å². The number of alkyl halides is 4. The zero-order valence-corrected chi connectivity index (χ0v) is 33.2. The summed E-state index contributed by atoms with van der Waals surface area (Å²) in [5, 5.41) is -0.105. The molecular weight excluding hydrogens is 705 g/mol. The number of anilines is 1. The molecule has 2 aliphatic heterocycles. The van der Waals surface area contributed by atoms with Gasteiger partial charge in [-0.05, 0) is 88.8 Å². The monoisotopic (exact) mass is 759 g/mol. The predicted octanol–water partition coefficient (Wildman–Crippen LogP) is 11.3. The maximum absolute atomic E-state index is 14.1. The van der Waals surface area contributed by atoms with Crippen molar-refractivity contribution in [3.8, 4) is 23.1 Å². The number of rotatable bonds is 6. The van der Waals surface area contributed by atoms with Crippen LogP contribution < -0.4 is 15.2 Å². The molecule has 2 N–H and O–H groups in total. The summed E-state index contributed by atoms with van der Waals surface area (Å²) in [6, 6.07) is 1.77. The van der Waals surface area contributed by atoms with Crippen LogP contribution in [0.5, 0.6) is 11.9 Å². The number of benzene rings is 1. The lowest BCUT2D eigenvalue weighted by Gasteiger charge is -2.40. The summed E-state index contributed by atoms with van der Waals surface area (Å²) in [6.07, 6.45) is 1.29. The SMILES string of the molecule is CC.CCC(C)Oc1nc(-c2c(Cl)c(N)cc(C)c2C(F)(F)F)c(Cl)c2nc(OC)nc(C)c12.CCC1CC(C)C1C.FC1CC2CCCN2C1. The van der Waals surface area contributed by atoms with Crippen molar-refractivity contribution in [3.63, 3.8) is 0 Å². The lowest BCUT2D eigenvalue weighted by Crippen LogP contribution is -2.31. The Morgan fingerprint density at radius 1 is 1.06 bits per heavy atom. The van der Waals surface area contributed by atoms with E-state index in [1.54, 1.807) is 13.8 Å². The second-order valence-electron chi connectivity index (χ2n) is 13.6. The fourth-order valence-corrected chi connectivity index (χ4v) is 7.56. The van der Waals surface area contributed by atoms with Crippen LogP contribution >= 0.6 is 23.2 Å². The van der Waals surface area contributed by atoms with E-state index < -0.39 is 23.5 Å². The highest BCUT2D eigenvalue weighted by molar-refractivity contribution is 6.40. The average Bonchev–Trinajstić information content (AvgIpc) is 3.67. The van der Waals surface area contributed by atoms with E-state index in [2.05, 4.69) is 40.6 Å². The molecule has 0 bridgehead atoms. The zero-order chi connectivity index (χ0) is 38.4. The van der Waals surface area contributed by atoms with E-state index in [4.69, 9.17) is 38.4 Å². The Balaban J connectivity index is 0.000000296. The second-order valence-corrected chi connectivity index (χ2v) is 14.4. The molecule has 3 fully saturated rings. The molecule has 51 heavy (non-hydrogen) atoms. The molecule has 286 valence electrons. The minimum atomic E-state index is -4.74. The van der Waals surface area contributed by atoms with Gasteiger partial charge in [0, 0.05) is 18.2 Å². The normalized spacial score (nSPS) is 23.1. The minimum Gasteiger partial charge on any atom is -0.474 e. The van der Waals surface area contributed by atoms with Crippen molar-refractivity contribution in [1.82, 2.24) is 19.9 Å². The average molecular weight is 761 g/mol. The van der Waals surface area contributed by atoms with Crippen LogP contribution in [0.4, 0.5) is 23.2 Å². The molecule has 0 amide bonds. The number of nitrogens with two attached hydrogens (primary N) is 1. The molecule has 1 aliphatic carbocycles. The van der Waals surface area contributed by atoms with E-state index in [0.717, 1.165) is 36.8 Å². The van der Waals surface area contributed by atoms with Crippen LogP contribution in [0.1, 0.15) is 104 Å². The van der Waals surface area contributed by atoms with Gasteiger partial charge < -0.3 is 15.2 Å². The minimum absolute atomic E-state index is 0.00515. The number of fused-ring (bicyclic) bond motifs is 2. The van der Waals surface area contributed by atoms with E-state index in [1.807, 2.05) is 20.8 Å². The topological polar surface area (TPSA) is 86.4 Å². The van der Waals surface area contributed by atoms with Crippen LogP contribution in [0.25, 0.3) is 22.2 Å².